The third-order valence-electron chi connectivity index (χ3n) is 4.97. The van der Waals surface area contributed by atoms with Crippen molar-refractivity contribution in [1.29, 1.82) is 0 Å². The molecule has 0 spiro atoms. The molecule has 0 aliphatic carbocycles. The van der Waals surface area contributed by atoms with E-state index < -0.39 is 0 Å². The number of carbonyl (C=O) groups is 1. The lowest BCUT2D eigenvalue weighted by molar-refractivity contribution is -0.118. The molecule has 0 saturated carbocycles. The van der Waals surface area contributed by atoms with Crippen LogP contribution in [0.15, 0.2) is 53.4 Å². The van der Waals surface area contributed by atoms with E-state index in [1.54, 1.807) is 0 Å². The van der Waals surface area contributed by atoms with Crippen molar-refractivity contribution in [2.45, 2.75) is 17.7 Å². The van der Waals surface area contributed by atoms with E-state index in [1.165, 1.54) is 28.1 Å². The van der Waals surface area contributed by atoms with E-state index in [0.29, 0.717) is 6.42 Å². The Morgan fingerprint density at radius 3 is 2.60 bits per heavy atom. The predicted molar refractivity (Wildman–Crippen MR) is 103 cm³/mol. The maximum Gasteiger partial charge on any atom is 0.234 e. The van der Waals surface area contributed by atoms with Gasteiger partial charge in [-0.2, -0.15) is 0 Å². The van der Waals surface area contributed by atoms with Crippen LogP contribution in [0.2, 0.25) is 0 Å². The molecule has 4 nitrogen and oxygen atoms in total. The largest absolute Gasteiger partial charge is 0.369 e. The molecule has 0 atom stereocenters. The molecule has 2 aliphatic rings. The molecular formula is C20H23N3OS. The van der Waals surface area contributed by atoms with Gasteiger partial charge >= 0.3 is 0 Å². The molecule has 2 heterocycles. The maximum atomic E-state index is 11.4. The standard InChI is InChI=1S/C20H23N3OS/c24-20-15-17-7-6-16(14-19(17)25-21-20)8-9-22-10-12-23(13-11-22)18-4-2-1-3-5-18/h1-7,14H,8-13,15H2,(H,21,24). The van der Waals surface area contributed by atoms with E-state index in [9.17, 15) is 4.79 Å². The summed E-state index contributed by atoms with van der Waals surface area (Å²) in [5, 5.41) is 0. The molecule has 0 bridgehead atoms. The summed E-state index contributed by atoms with van der Waals surface area (Å²) in [5.41, 5.74) is 3.83. The lowest BCUT2D eigenvalue weighted by Gasteiger charge is -2.36. The molecule has 0 radical (unpaired) electrons. The monoisotopic (exact) mass is 353 g/mol. The van der Waals surface area contributed by atoms with Crippen LogP contribution in [0.25, 0.3) is 0 Å². The van der Waals surface area contributed by atoms with Gasteiger partial charge in [0, 0.05) is 43.3 Å². The number of nitrogens with zero attached hydrogens (tertiary/aromatic N) is 2. The van der Waals surface area contributed by atoms with Crippen LogP contribution in [0.3, 0.4) is 0 Å². The van der Waals surface area contributed by atoms with E-state index in [-0.39, 0.29) is 5.91 Å². The molecule has 130 valence electrons. The summed E-state index contributed by atoms with van der Waals surface area (Å²) in [6, 6.07) is 17.2. The fourth-order valence-corrected chi connectivity index (χ4v) is 4.25. The first-order valence-corrected chi connectivity index (χ1v) is 9.69. The minimum absolute atomic E-state index is 0.0986. The SMILES string of the molecule is O=C1Cc2ccc(CCN3CCN(c4ccccc4)CC3)cc2SN1. The van der Waals surface area contributed by atoms with Crippen molar-refractivity contribution in [3.8, 4) is 0 Å². The molecule has 0 unspecified atom stereocenters. The maximum absolute atomic E-state index is 11.4. The Morgan fingerprint density at radius 2 is 1.80 bits per heavy atom. The predicted octanol–water partition coefficient (Wildman–Crippen LogP) is 2.73. The Morgan fingerprint density at radius 1 is 1.00 bits per heavy atom. The first kappa shape index (κ1) is 16.5. The van der Waals surface area contributed by atoms with Gasteiger partial charge in [-0.15, -0.1) is 0 Å². The molecule has 2 aliphatic heterocycles. The molecule has 1 fully saturated rings. The normalized spacial score (nSPS) is 17.9. The summed E-state index contributed by atoms with van der Waals surface area (Å²) < 4.78 is 2.85. The topological polar surface area (TPSA) is 35.6 Å². The number of anilines is 1. The lowest BCUT2D eigenvalue weighted by Crippen LogP contribution is -2.46. The van der Waals surface area contributed by atoms with Gasteiger partial charge in [0.15, 0.2) is 0 Å². The van der Waals surface area contributed by atoms with Crippen LogP contribution in [-0.2, 0) is 17.6 Å². The number of amides is 1. The third kappa shape index (κ3) is 3.99. The van der Waals surface area contributed by atoms with E-state index in [4.69, 9.17) is 0 Å². The van der Waals surface area contributed by atoms with Crippen molar-refractivity contribution in [2.75, 3.05) is 37.6 Å². The van der Waals surface area contributed by atoms with Crippen LogP contribution in [0.1, 0.15) is 11.1 Å². The molecule has 1 N–H and O–H groups in total. The molecular weight excluding hydrogens is 330 g/mol. The molecule has 1 saturated heterocycles. The number of piperazine rings is 1. The van der Waals surface area contributed by atoms with Crippen LogP contribution in [-0.4, -0.2) is 43.5 Å². The van der Waals surface area contributed by atoms with Crippen molar-refractivity contribution in [3.63, 3.8) is 0 Å². The summed E-state index contributed by atoms with van der Waals surface area (Å²) in [6.45, 7) is 5.51. The molecule has 25 heavy (non-hydrogen) atoms. The zero-order valence-corrected chi connectivity index (χ0v) is 15.1. The van der Waals surface area contributed by atoms with E-state index in [0.717, 1.165) is 44.7 Å². The molecule has 2 aromatic carbocycles. The first-order chi connectivity index (χ1) is 12.3. The fraction of sp³-hybridized carbons (Fsp3) is 0.350. The van der Waals surface area contributed by atoms with Gasteiger partial charge in [-0.1, -0.05) is 30.3 Å². The van der Waals surface area contributed by atoms with E-state index in [1.807, 2.05) is 0 Å². The second-order valence-electron chi connectivity index (χ2n) is 6.66. The number of hydrogen-bond donors (Lipinski definition) is 1. The van der Waals surface area contributed by atoms with E-state index in [2.05, 4.69) is 63.1 Å². The molecule has 4 rings (SSSR count). The van der Waals surface area contributed by atoms with Crippen molar-refractivity contribution < 1.29 is 4.79 Å². The number of benzene rings is 2. The summed E-state index contributed by atoms with van der Waals surface area (Å²) in [5.74, 6) is 0.0986. The van der Waals surface area contributed by atoms with Gasteiger partial charge in [-0.05, 0) is 47.7 Å². The quantitative estimate of drug-likeness (QED) is 0.858. The Kier molecular flexibility index (Phi) is 4.95. The summed E-state index contributed by atoms with van der Waals surface area (Å²) >= 11 is 1.45. The Balaban J connectivity index is 1.29. The number of carbonyl (C=O) groups excluding carboxylic acids is 1. The van der Waals surface area contributed by atoms with Crippen LogP contribution in [0, 0.1) is 0 Å². The van der Waals surface area contributed by atoms with Gasteiger partial charge in [0.2, 0.25) is 5.91 Å². The Bertz CT molecular complexity index is 742. The zero-order valence-electron chi connectivity index (χ0n) is 14.3. The number of rotatable bonds is 4. The minimum Gasteiger partial charge on any atom is -0.369 e. The smallest absolute Gasteiger partial charge is 0.234 e. The number of fused-ring (bicyclic) bond motifs is 1. The van der Waals surface area contributed by atoms with Gasteiger partial charge in [0.1, 0.15) is 0 Å². The van der Waals surface area contributed by atoms with Crippen molar-refractivity contribution >= 4 is 23.5 Å². The second-order valence-corrected chi connectivity index (χ2v) is 7.51. The first-order valence-electron chi connectivity index (χ1n) is 8.88. The van der Waals surface area contributed by atoms with Gasteiger partial charge in [-0.3, -0.25) is 14.4 Å². The molecule has 0 aromatic heterocycles. The summed E-state index contributed by atoms with van der Waals surface area (Å²) in [7, 11) is 0. The lowest BCUT2D eigenvalue weighted by atomic mass is 10.1. The van der Waals surface area contributed by atoms with Crippen molar-refractivity contribution in [2.24, 2.45) is 0 Å². The van der Waals surface area contributed by atoms with Crippen LogP contribution >= 0.6 is 11.9 Å². The molecule has 1 amide bonds. The van der Waals surface area contributed by atoms with Gasteiger partial charge in [-0.25, -0.2) is 0 Å². The summed E-state index contributed by atoms with van der Waals surface area (Å²) in [4.78, 5) is 17.6. The highest BCUT2D eigenvalue weighted by molar-refractivity contribution is 7.98. The summed E-state index contributed by atoms with van der Waals surface area (Å²) in [6.07, 6.45) is 1.57. The minimum atomic E-state index is 0.0986. The highest BCUT2D eigenvalue weighted by atomic mass is 32.2. The Hall–Kier alpha value is -1.98. The Labute approximate surface area is 153 Å². The number of para-hydroxylation sites is 1. The van der Waals surface area contributed by atoms with Gasteiger partial charge in [0.05, 0.1) is 6.42 Å². The van der Waals surface area contributed by atoms with Crippen molar-refractivity contribution in [3.05, 3.63) is 59.7 Å². The average Bonchev–Trinajstić information content (AvgIpc) is 2.67. The van der Waals surface area contributed by atoms with Gasteiger partial charge < -0.3 is 4.90 Å². The van der Waals surface area contributed by atoms with Crippen LogP contribution < -0.4 is 9.62 Å². The molecule has 2 aromatic rings. The average molecular weight is 353 g/mol. The second kappa shape index (κ2) is 7.50. The fourth-order valence-electron chi connectivity index (χ4n) is 3.47. The van der Waals surface area contributed by atoms with E-state index >= 15 is 0 Å². The third-order valence-corrected chi connectivity index (χ3v) is 5.90. The van der Waals surface area contributed by atoms with Gasteiger partial charge in [0.25, 0.3) is 0 Å². The molecule has 5 heteroatoms. The van der Waals surface area contributed by atoms with Crippen molar-refractivity contribution in [1.82, 2.24) is 9.62 Å². The van der Waals surface area contributed by atoms with Crippen LogP contribution in [0.4, 0.5) is 5.69 Å². The number of hydrogen-bond acceptors (Lipinski definition) is 4. The zero-order chi connectivity index (χ0) is 17.1. The highest BCUT2D eigenvalue weighted by Crippen LogP contribution is 2.26. The highest BCUT2D eigenvalue weighted by Gasteiger charge is 2.18. The van der Waals surface area contributed by atoms with Crippen LogP contribution in [0.5, 0.6) is 0 Å². The number of nitrogens with one attached hydrogen (secondary N) is 1.